The highest BCUT2D eigenvalue weighted by Gasteiger charge is 2.46. The molecule has 0 aliphatic rings. The number of aliphatic hydroxyl groups is 2. The zero-order chi connectivity index (χ0) is 13.1. The first-order valence-corrected chi connectivity index (χ1v) is 5.41. The van der Waals surface area contributed by atoms with Crippen LogP contribution in [0.3, 0.4) is 0 Å². The summed E-state index contributed by atoms with van der Waals surface area (Å²) in [5.41, 5.74) is -1.07. The van der Waals surface area contributed by atoms with Crippen LogP contribution in [0.2, 0.25) is 0 Å². The maximum absolute atomic E-state index is 11.2. The molecule has 0 aliphatic carbocycles. The number of rotatable bonds is 5. The largest absolute Gasteiger partial charge is 0.377 e. The van der Waals surface area contributed by atoms with Gasteiger partial charge in [0.25, 0.3) is 0 Å². The maximum Gasteiger partial charge on any atom is 0.199 e. The van der Waals surface area contributed by atoms with Crippen LogP contribution in [0.4, 0.5) is 0 Å². The van der Waals surface area contributed by atoms with E-state index in [1.807, 2.05) is 30.3 Å². The summed E-state index contributed by atoms with van der Waals surface area (Å²) in [4.78, 5) is 11.2. The molecule has 0 bridgehead atoms. The lowest BCUT2D eigenvalue weighted by molar-refractivity contribution is -0.278. The molecule has 4 nitrogen and oxygen atoms in total. The first kappa shape index (κ1) is 13.8. The quantitative estimate of drug-likeness (QED) is 0.758. The smallest absolute Gasteiger partial charge is 0.199 e. The molecular weight excluding hydrogens is 220 g/mol. The van der Waals surface area contributed by atoms with E-state index in [9.17, 15) is 15.0 Å². The van der Waals surface area contributed by atoms with Crippen molar-refractivity contribution in [2.24, 2.45) is 0 Å². The first-order chi connectivity index (χ1) is 7.77. The minimum absolute atomic E-state index is 0.122. The standard InChI is InChI=1S/C13H18O4/c1-10(14)12(2,15)13(3,16)17-9-11-7-5-4-6-8-11/h4-8,15-16H,9H2,1-3H3/t12-,13+/m0/s1. The zero-order valence-electron chi connectivity index (χ0n) is 10.3. The average molecular weight is 238 g/mol. The summed E-state index contributed by atoms with van der Waals surface area (Å²) in [5, 5.41) is 19.9. The molecule has 1 rings (SSSR count). The lowest BCUT2D eigenvalue weighted by Crippen LogP contribution is -2.56. The summed E-state index contributed by atoms with van der Waals surface area (Å²) in [6.07, 6.45) is 0. The second-order valence-corrected chi connectivity index (χ2v) is 4.39. The molecule has 94 valence electrons. The van der Waals surface area contributed by atoms with Crippen LogP contribution < -0.4 is 0 Å². The second-order valence-electron chi connectivity index (χ2n) is 4.39. The summed E-state index contributed by atoms with van der Waals surface area (Å²) in [5.74, 6) is -2.47. The molecule has 17 heavy (non-hydrogen) atoms. The van der Waals surface area contributed by atoms with E-state index in [0.717, 1.165) is 5.56 Å². The van der Waals surface area contributed by atoms with Gasteiger partial charge in [-0.1, -0.05) is 30.3 Å². The number of benzene rings is 1. The van der Waals surface area contributed by atoms with E-state index in [0.29, 0.717) is 0 Å². The number of carbonyl (C=O) groups is 1. The van der Waals surface area contributed by atoms with Crippen LogP contribution in [0.5, 0.6) is 0 Å². The Hall–Kier alpha value is -1.23. The van der Waals surface area contributed by atoms with E-state index in [2.05, 4.69) is 0 Å². The Kier molecular flexibility index (Phi) is 4.03. The number of hydrogen-bond acceptors (Lipinski definition) is 4. The lowest BCUT2D eigenvalue weighted by atomic mass is 9.92. The van der Waals surface area contributed by atoms with Gasteiger partial charge in [-0.05, 0) is 26.3 Å². The van der Waals surface area contributed by atoms with Crippen LogP contribution in [-0.2, 0) is 16.1 Å². The van der Waals surface area contributed by atoms with E-state index in [1.165, 1.54) is 20.8 Å². The Morgan fingerprint density at radius 1 is 1.24 bits per heavy atom. The number of ketones is 1. The Bertz CT molecular complexity index is 382. The van der Waals surface area contributed by atoms with Crippen LogP contribution in [0.1, 0.15) is 26.3 Å². The van der Waals surface area contributed by atoms with Crippen molar-refractivity contribution in [1.29, 1.82) is 0 Å². The van der Waals surface area contributed by atoms with Crippen molar-refractivity contribution in [3.8, 4) is 0 Å². The molecule has 0 saturated heterocycles. The van der Waals surface area contributed by atoms with Crippen molar-refractivity contribution in [3.05, 3.63) is 35.9 Å². The lowest BCUT2D eigenvalue weighted by Gasteiger charge is -2.36. The van der Waals surface area contributed by atoms with Crippen molar-refractivity contribution < 1.29 is 19.7 Å². The van der Waals surface area contributed by atoms with Crippen molar-refractivity contribution in [2.45, 2.75) is 38.8 Å². The van der Waals surface area contributed by atoms with Gasteiger partial charge < -0.3 is 14.9 Å². The van der Waals surface area contributed by atoms with Crippen molar-refractivity contribution in [1.82, 2.24) is 0 Å². The monoisotopic (exact) mass is 238 g/mol. The fraction of sp³-hybridized carbons (Fsp3) is 0.462. The Morgan fingerprint density at radius 2 is 1.76 bits per heavy atom. The molecule has 0 aromatic heterocycles. The third-order valence-electron chi connectivity index (χ3n) is 2.95. The minimum atomic E-state index is -1.93. The number of Topliss-reactive ketones (excluding diaryl/α,β-unsaturated/α-hetero) is 1. The SMILES string of the molecule is CC(=O)[C@](C)(O)[C@](C)(O)OCc1ccccc1. The zero-order valence-corrected chi connectivity index (χ0v) is 10.3. The molecule has 2 atom stereocenters. The van der Waals surface area contributed by atoms with Crippen molar-refractivity contribution in [2.75, 3.05) is 0 Å². The highest BCUT2D eigenvalue weighted by molar-refractivity contribution is 5.85. The van der Waals surface area contributed by atoms with E-state index >= 15 is 0 Å². The van der Waals surface area contributed by atoms with E-state index in [-0.39, 0.29) is 6.61 Å². The van der Waals surface area contributed by atoms with Gasteiger partial charge in [0.1, 0.15) is 0 Å². The Balaban J connectivity index is 2.71. The predicted molar refractivity (Wildman–Crippen MR) is 63.2 cm³/mol. The topological polar surface area (TPSA) is 66.8 Å². The average Bonchev–Trinajstić information content (AvgIpc) is 2.27. The Labute approximate surface area is 101 Å². The molecule has 2 N–H and O–H groups in total. The molecule has 0 heterocycles. The van der Waals surface area contributed by atoms with Gasteiger partial charge in [-0.25, -0.2) is 0 Å². The molecule has 1 aromatic rings. The van der Waals surface area contributed by atoms with E-state index in [4.69, 9.17) is 4.74 Å². The van der Waals surface area contributed by atoms with Crippen LogP contribution in [0, 0.1) is 0 Å². The molecule has 0 aliphatic heterocycles. The summed E-state index contributed by atoms with van der Waals surface area (Å²) >= 11 is 0. The fourth-order valence-corrected chi connectivity index (χ4v) is 1.27. The van der Waals surface area contributed by atoms with Gasteiger partial charge in [-0.2, -0.15) is 0 Å². The second kappa shape index (κ2) is 4.96. The Morgan fingerprint density at radius 3 is 2.24 bits per heavy atom. The number of hydrogen-bond donors (Lipinski definition) is 2. The van der Waals surface area contributed by atoms with Gasteiger partial charge in [-0.15, -0.1) is 0 Å². The molecule has 4 heteroatoms. The van der Waals surface area contributed by atoms with Gasteiger partial charge in [0, 0.05) is 0 Å². The molecule has 0 radical (unpaired) electrons. The third-order valence-corrected chi connectivity index (χ3v) is 2.95. The molecule has 0 fully saturated rings. The molecule has 0 unspecified atom stereocenters. The van der Waals surface area contributed by atoms with Crippen LogP contribution in [0.15, 0.2) is 30.3 Å². The highest BCUT2D eigenvalue weighted by Crippen LogP contribution is 2.25. The molecular formula is C13H18O4. The van der Waals surface area contributed by atoms with Gasteiger partial charge >= 0.3 is 0 Å². The van der Waals surface area contributed by atoms with E-state index in [1.54, 1.807) is 0 Å². The van der Waals surface area contributed by atoms with Gasteiger partial charge in [0.05, 0.1) is 6.61 Å². The molecule has 0 spiro atoms. The number of carbonyl (C=O) groups excluding carboxylic acids is 1. The van der Waals surface area contributed by atoms with Crippen molar-refractivity contribution in [3.63, 3.8) is 0 Å². The summed E-state index contributed by atoms with van der Waals surface area (Å²) in [7, 11) is 0. The first-order valence-electron chi connectivity index (χ1n) is 5.41. The molecule has 1 aromatic carbocycles. The molecule has 0 amide bonds. The number of ether oxygens (including phenoxy) is 1. The third kappa shape index (κ3) is 3.12. The van der Waals surface area contributed by atoms with Crippen LogP contribution in [-0.4, -0.2) is 27.4 Å². The predicted octanol–water partition coefficient (Wildman–Crippen LogP) is 1.25. The van der Waals surface area contributed by atoms with Crippen LogP contribution >= 0.6 is 0 Å². The summed E-state index contributed by atoms with van der Waals surface area (Å²) < 4.78 is 5.23. The van der Waals surface area contributed by atoms with E-state index < -0.39 is 17.2 Å². The maximum atomic E-state index is 11.2. The van der Waals surface area contributed by atoms with Gasteiger partial charge in [0.2, 0.25) is 0 Å². The molecule has 0 saturated carbocycles. The highest BCUT2D eigenvalue weighted by atomic mass is 16.6. The normalized spacial score (nSPS) is 18.2. The van der Waals surface area contributed by atoms with Crippen LogP contribution in [0.25, 0.3) is 0 Å². The minimum Gasteiger partial charge on any atom is -0.377 e. The summed E-state index contributed by atoms with van der Waals surface area (Å²) in [6.45, 7) is 3.84. The summed E-state index contributed by atoms with van der Waals surface area (Å²) in [6, 6.07) is 9.22. The van der Waals surface area contributed by atoms with Gasteiger partial charge in [0.15, 0.2) is 17.2 Å². The van der Waals surface area contributed by atoms with Gasteiger partial charge in [-0.3, -0.25) is 4.79 Å². The fourth-order valence-electron chi connectivity index (χ4n) is 1.27. The van der Waals surface area contributed by atoms with Crippen molar-refractivity contribution >= 4 is 5.78 Å².